The van der Waals surface area contributed by atoms with E-state index < -0.39 is 0 Å². The van der Waals surface area contributed by atoms with Crippen LogP contribution in [0.4, 0.5) is 5.69 Å². The zero-order valence-corrected chi connectivity index (χ0v) is 16.1. The number of rotatable bonds is 5. The Morgan fingerprint density at radius 1 is 1.14 bits per heavy atom. The lowest BCUT2D eigenvalue weighted by Crippen LogP contribution is -2.38. The Labute approximate surface area is 165 Å². The summed E-state index contributed by atoms with van der Waals surface area (Å²) in [5.41, 5.74) is 3.06. The molecule has 1 aliphatic heterocycles. The van der Waals surface area contributed by atoms with Gasteiger partial charge in [0.15, 0.2) is 5.82 Å². The van der Waals surface area contributed by atoms with E-state index in [-0.39, 0.29) is 5.91 Å². The van der Waals surface area contributed by atoms with Gasteiger partial charge in [0.2, 0.25) is 5.91 Å². The number of hydrogen-bond donors (Lipinski definition) is 2. The third-order valence-electron chi connectivity index (χ3n) is 5.23. The van der Waals surface area contributed by atoms with E-state index in [1.165, 1.54) is 5.56 Å². The number of H-pyrrole nitrogens is 1. The van der Waals surface area contributed by atoms with Crippen LogP contribution in [0.25, 0.3) is 11.4 Å². The first-order valence-electron chi connectivity index (χ1n) is 9.74. The summed E-state index contributed by atoms with van der Waals surface area (Å²) in [5.74, 6) is 2.02. The van der Waals surface area contributed by atoms with E-state index in [1.54, 1.807) is 0 Å². The molecule has 0 radical (unpaired) electrons. The van der Waals surface area contributed by atoms with E-state index in [9.17, 15) is 4.79 Å². The molecule has 0 aliphatic carbocycles. The Kier molecular flexibility index (Phi) is 5.48. The van der Waals surface area contributed by atoms with Crippen LogP contribution in [0.5, 0.6) is 0 Å². The molecule has 2 aromatic carbocycles. The highest BCUT2D eigenvalue weighted by Gasteiger charge is 2.22. The number of aryl methyl sites for hydroxylation is 1. The largest absolute Gasteiger partial charge is 0.325 e. The number of likely N-dealkylation sites (tertiary alicyclic amines) is 1. The summed E-state index contributed by atoms with van der Waals surface area (Å²) in [5, 5.41) is 10.0. The van der Waals surface area contributed by atoms with Crippen molar-refractivity contribution in [2.75, 3.05) is 25.0 Å². The monoisotopic (exact) mass is 375 g/mol. The van der Waals surface area contributed by atoms with E-state index >= 15 is 0 Å². The first-order chi connectivity index (χ1) is 13.7. The van der Waals surface area contributed by atoms with Gasteiger partial charge in [0.25, 0.3) is 0 Å². The molecule has 1 saturated heterocycles. The van der Waals surface area contributed by atoms with Crippen LogP contribution >= 0.6 is 0 Å². The second-order valence-corrected chi connectivity index (χ2v) is 7.33. The van der Waals surface area contributed by atoms with Crippen molar-refractivity contribution in [2.45, 2.75) is 25.7 Å². The molecule has 1 amide bonds. The van der Waals surface area contributed by atoms with Crippen molar-refractivity contribution in [3.63, 3.8) is 0 Å². The molecule has 6 heteroatoms. The average Bonchev–Trinajstić information content (AvgIpc) is 3.16. The molecule has 0 saturated carbocycles. The summed E-state index contributed by atoms with van der Waals surface area (Å²) in [7, 11) is 0. The van der Waals surface area contributed by atoms with Gasteiger partial charge in [0.1, 0.15) is 5.82 Å². The van der Waals surface area contributed by atoms with Gasteiger partial charge in [-0.3, -0.25) is 14.8 Å². The summed E-state index contributed by atoms with van der Waals surface area (Å²) in [6.45, 7) is 4.18. The zero-order chi connectivity index (χ0) is 19.3. The molecular formula is C22H25N5O. The van der Waals surface area contributed by atoms with Gasteiger partial charge in [-0.2, -0.15) is 5.10 Å². The summed E-state index contributed by atoms with van der Waals surface area (Å²) < 4.78 is 0. The van der Waals surface area contributed by atoms with E-state index in [0.29, 0.717) is 18.3 Å². The lowest BCUT2D eigenvalue weighted by molar-refractivity contribution is -0.117. The van der Waals surface area contributed by atoms with Crippen molar-refractivity contribution in [1.29, 1.82) is 0 Å². The Bertz CT molecular complexity index is 929. The highest BCUT2D eigenvalue weighted by Crippen LogP contribution is 2.27. The normalized spacial score (nSPS) is 15.5. The van der Waals surface area contributed by atoms with Gasteiger partial charge in [0, 0.05) is 11.3 Å². The molecule has 0 bridgehead atoms. The van der Waals surface area contributed by atoms with Gasteiger partial charge in [0.05, 0.1) is 6.54 Å². The van der Waals surface area contributed by atoms with Gasteiger partial charge in [-0.15, -0.1) is 0 Å². The highest BCUT2D eigenvalue weighted by molar-refractivity contribution is 5.92. The van der Waals surface area contributed by atoms with Crippen LogP contribution in [-0.4, -0.2) is 45.6 Å². The van der Waals surface area contributed by atoms with Gasteiger partial charge in [-0.25, -0.2) is 4.98 Å². The third-order valence-corrected chi connectivity index (χ3v) is 5.23. The fourth-order valence-corrected chi connectivity index (χ4v) is 3.76. The van der Waals surface area contributed by atoms with E-state index in [4.69, 9.17) is 0 Å². The molecule has 6 nitrogen and oxygen atoms in total. The van der Waals surface area contributed by atoms with Crippen LogP contribution in [0.15, 0.2) is 54.6 Å². The van der Waals surface area contributed by atoms with Crippen molar-refractivity contribution in [1.82, 2.24) is 20.1 Å². The smallest absolute Gasteiger partial charge is 0.238 e. The Hall–Kier alpha value is -2.99. The minimum absolute atomic E-state index is 0.0153. The maximum Gasteiger partial charge on any atom is 0.238 e. The molecule has 0 unspecified atom stereocenters. The number of hydrogen-bond acceptors (Lipinski definition) is 4. The summed E-state index contributed by atoms with van der Waals surface area (Å²) >= 11 is 0. The minimum Gasteiger partial charge on any atom is -0.325 e. The lowest BCUT2D eigenvalue weighted by Gasteiger charge is -2.31. The second-order valence-electron chi connectivity index (χ2n) is 7.33. The first-order valence-corrected chi connectivity index (χ1v) is 9.74. The fraction of sp³-hybridized carbons (Fsp3) is 0.318. The van der Waals surface area contributed by atoms with Crippen LogP contribution in [-0.2, 0) is 4.79 Å². The van der Waals surface area contributed by atoms with Crippen LogP contribution in [0.1, 0.15) is 30.1 Å². The molecular weight excluding hydrogens is 350 g/mol. The minimum atomic E-state index is 0.0153. The Balaban J connectivity index is 1.30. The van der Waals surface area contributed by atoms with E-state index in [1.807, 2.05) is 31.2 Å². The second kappa shape index (κ2) is 8.35. The summed E-state index contributed by atoms with van der Waals surface area (Å²) in [6, 6.07) is 18.3. The maximum absolute atomic E-state index is 12.5. The van der Waals surface area contributed by atoms with E-state index in [2.05, 4.69) is 55.7 Å². The number of nitrogens with zero attached hydrogens (tertiary/aromatic N) is 3. The van der Waals surface area contributed by atoms with Crippen molar-refractivity contribution in [3.8, 4) is 11.4 Å². The van der Waals surface area contributed by atoms with Crippen molar-refractivity contribution < 1.29 is 4.79 Å². The molecule has 144 valence electrons. The van der Waals surface area contributed by atoms with Crippen LogP contribution in [0.3, 0.4) is 0 Å². The topological polar surface area (TPSA) is 73.9 Å². The molecule has 2 N–H and O–H groups in total. The molecule has 3 aromatic rings. The quantitative estimate of drug-likeness (QED) is 0.715. The number of benzene rings is 2. The number of amides is 1. The van der Waals surface area contributed by atoms with Crippen LogP contribution in [0, 0.1) is 6.92 Å². The molecule has 1 aliphatic rings. The number of anilines is 1. The SMILES string of the molecule is Cc1nc(-c2cccc(NC(=O)CN3CCC(c4ccccc4)CC3)c2)n[nH]1. The molecule has 0 spiro atoms. The van der Waals surface area contributed by atoms with Crippen molar-refractivity contribution in [2.24, 2.45) is 0 Å². The average molecular weight is 375 g/mol. The van der Waals surface area contributed by atoms with E-state index in [0.717, 1.165) is 43.0 Å². The van der Waals surface area contributed by atoms with Gasteiger partial charge in [-0.05, 0) is 56.5 Å². The number of carbonyl (C=O) groups excluding carboxylic acids is 1. The number of carbonyl (C=O) groups is 1. The fourth-order valence-electron chi connectivity index (χ4n) is 3.76. The molecule has 28 heavy (non-hydrogen) atoms. The third kappa shape index (κ3) is 4.46. The van der Waals surface area contributed by atoms with Crippen LogP contribution < -0.4 is 5.32 Å². The predicted octanol–water partition coefficient (Wildman–Crippen LogP) is 3.60. The molecule has 2 heterocycles. The predicted molar refractivity (Wildman–Crippen MR) is 110 cm³/mol. The summed E-state index contributed by atoms with van der Waals surface area (Å²) in [4.78, 5) is 19.1. The Morgan fingerprint density at radius 2 is 1.93 bits per heavy atom. The highest BCUT2D eigenvalue weighted by atomic mass is 16.2. The standard InChI is InChI=1S/C22H25N5O/c1-16-23-22(26-25-16)19-8-5-9-20(14-19)24-21(28)15-27-12-10-18(11-13-27)17-6-3-2-4-7-17/h2-9,14,18H,10-13,15H2,1H3,(H,24,28)(H,23,25,26). The molecule has 1 fully saturated rings. The van der Waals surface area contributed by atoms with Gasteiger partial charge < -0.3 is 5.32 Å². The molecule has 0 atom stereocenters. The van der Waals surface area contributed by atoms with Gasteiger partial charge >= 0.3 is 0 Å². The molecule has 4 rings (SSSR count). The molecule has 1 aromatic heterocycles. The number of nitrogens with one attached hydrogen (secondary N) is 2. The Morgan fingerprint density at radius 3 is 2.64 bits per heavy atom. The number of piperidine rings is 1. The zero-order valence-electron chi connectivity index (χ0n) is 16.1. The first kappa shape index (κ1) is 18.4. The maximum atomic E-state index is 12.5. The van der Waals surface area contributed by atoms with Crippen LogP contribution in [0.2, 0.25) is 0 Å². The number of aromatic nitrogens is 3. The van der Waals surface area contributed by atoms with Crippen molar-refractivity contribution >= 4 is 11.6 Å². The van der Waals surface area contributed by atoms with Gasteiger partial charge in [-0.1, -0.05) is 42.5 Å². The summed E-state index contributed by atoms with van der Waals surface area (Å²) in [6.07, 6.45) is 2.19. The van der Waals surface area contributed by atoms with Crippen molar-refractivity contribution in [3.05, 3.63) is 66.0 Å². The lowest BCUT2D eigenvalue weighted by atomic mass is 9.89. The number of aromatic amines is 1.